The Bertz CT molecular complexity index is 276. The first-order chi connectivity index (χ1) is 5.59. The molecule has 0 saturated carbocycles. The van der Waals surface area contributed by atoms with Gasteiger partial charge in [-0.3, -0.25) is 0 Å². The van der Waals surface area contributed by atoms with E-state index in [4.69, 9.17) is 4.74 Å². The third-order valence-corrected chi connectivity index (χ3v) is 1.58. The molecule has 0 aromatic carbocycles. The Morgan fingerprint density at radius 2 is 2.25 bits per heavy atom. The van der Waals surface area contributed by atoms with E-state index in [0.29, 0.717) is 0 Å². The molecule has 0 radical (unpaired) electrons. The average molecular weight is 232 g/mol. The van der Waals surface area contributed by atoms with Gasteiger partial charge < -0.3 is 9.84 Å². The number of hydrogen-bond acceptors (Lipinski definition) is 3. The van der Waals surface area contributed by atoms with Crippen LogP contribution < -0.4 is 4.74 Å². The van der Waals surface area contributed by atoms with E-state index in [0.717, 1.165) is 4.47 Å². The number of aromatic nitrogens is 1. The van der Waals surface area contributed by atoms with Crippen LogP contribution in [0.25, 0.3) is 0 Å². The van der Waals surface area contributed by atoms with Crippen LogP contribution in [0.2, 0.25) is 0 Å². The molecule has 12 heavy (non-hydrogen) atoms. The molecule has 0 aliphatic rings. The summed E-state index contributed by atoms with van der Waals surface area (Å²) in [4.78, 5) is 3.90. The van der Waals surface area contributed by atoms with Gasteiger partial charge in [0.2, 0.25) is 0 Å². The molecular formula is C8H10BrNO2. The van der Waals surface area contributed by atoms with Gasteiger partial charge in [-0.25, -0.2) is 4.98 Å². The minimum absolute atomic E-state index is 0.0181. The highest BCUT2D eigenvalue weighted by molar-refractivity contribution is 9.10. The average Bonchev–Trinajstić information content (AvgIpc) is 1.94. The second-order valence-electron chi connectivity index (χ2n) is 2.64. The zero-order chi connectivity index (χ0) is 9.14. The molecular weight excluding hydrogens is 222 g/mol. The number of halogens is 1. The van der Waals surface area contributed by atoms with E-state index in [9.17, 15) is 5.11 Å². The van der Waals surface area contributed by atoms with Crippen LogP contribution in [0.15, 0.2) is 16.7 Å². The highest BCUT2D eigenvalue weighted by atomic mass is 79.9. The summed E-state index contributed by atoms with van der Waals surface area (Å²) in [6.07, 6.45) is 1.60. The van der Waals surface area contributed by atoms with Crippen molar-refractivity contribution >= 4 is 15.9 Å². The molecule has 0 saturated heterocycles. The lowest BCUT2D eigenvalue weighted by Gasteiger charge is -2.09. The molecule has 0 bridgehead atoms. The Balaban J connectivity index is 2.86. The van der Waals surface area contributed by atoms with Gasteiger partial charge in [-0.1, -0.05) is 0 Å². The number of pyridine rings is 1. The Kier molecular flexibility index (Phi) is 2.92. The zero-order valence-electron chi connectivity index (χ0n) is 6.91. The van der Waals surface area contributed by atoms with E-state index in [1.165, 1.54) is 0 Å². The van der Waals surface area contributed by atoms with Crippen LogP contribution in [0.5, 0.6) is 11.6 Å². The molecule has 0 atom stereocenters. The van der Waals surface area contributed by atoms with Crippen molar-refractivity contribution in [3.8, 4) is 11.6 Å². The highest BCUT2D eigenvalue weighted by Crippen LogP contribution is 2.26. The predicted molar refractivity (Wildman–Crippen MR) is 49.4 cm³/mol. The van der Waals surface area contributed by atoms with Crippen LogP contribution in [0, 0.1) is 0 Å². The van der Waals surface area contributed by atoms with Gasteiger partial charge in [0.15, 0.2) is 5.75 Å². The summed E-state index contributed by atoms with van der Waals surface area (Å²) in [5, 5.41) is 9.32. The number of ether oxygens (including phenoxy) is 1. The van der Waals surface area contributed by atoms with E-state index < -0.39 is 0 Å². The minimum Gasteiger partial charge on any atom is -0.503 e. The molecule has 0 aliphatic carbocycles. The lowest BCUT2D eigenvalue weighted by atomic mass is 10.4. The van der Waals surface area contributed by atoms with Crippen molar-refractivity contribution in [2.45, 2.75) is 20.0 Å². The molecule has 0 amide bonds. The smallest absolute Gasteiger partial charge is 0.257 e. The van der Waals surface area contributed by atoms with E-state index in [1.807, 2.05) is 13.8 Å². The summed E-state index contributed by atoms with van der Waals surface area (Å²) in [7, 11) is 0. The largest absolute Gasteiger partial charge is 0.503 e. The van der Waals surface area contributed by atoms with Gasteiger partial charge >= 0.3 is 0 Å². The van der Waals surface area contributed by atoms with Crippen LogP contribution in [0.3, 0.4) is 0 Å². The second-order valence-corrected chi connectivity index (χ2v) is 3.56. The van der Waals surface area contributed by atoms with Crippen LogP contribution in [0.1, 0.15) is 13.8 Å². The number of aromatic hydroxyl groups is 1. The third kappa shape index (κ3) is 2.37. The van der Waals surface area contributed by atoms with Gasteiger partial charge in [0, 0.05) is 16.7 Å². The molecule has 3 nitrogen and oxygen atoms in total. The van der Waals surface area contributed by atoms with E-state index in [2.05, 4.69) is 20.9 Å². The number of nitrogens with zero attached hydrogens (tertiary/aromatic N) is 1. The Labute approximate surface area is 79.5 Å². The maximum absolute atomic E-state index is 9.32. The van der Waals surface area contributed by atoms with Crippen LogP contribution in [-0.4, -0.2) is 16.2 Å². The quantitative estimate of drug-likeness (QED) is 0.850. The molecule has 1 heterocycles. The Morgan fingerprint density at radius 1 is 1.58 bits per heavy atom. The number of hydrogen-bond donors (Lipinski definition) is 1. The fourth-order valence-corrected chi connectivity index (χ4v) is 1.05. The van der Waals surface area contributed by atoms with Crippen molar-refractivity contribution in [3.05, 3.63) is 16.7 Å². The van der Waals surface area contributed by atoms with Crippen LogP contribution in [-0.2, 0) is 0 Å². The second kappa shape index (κ2) is 3.76. The lowest BCUT2D eigenvalue weighted by Crippen LogP contribution is -2.06. The molecule has 1 aromatic heterocycles. The van der Waals surface area contributed by atoms with Crippen molar-refractivity contribution in [2.24, 2.45) is 0 Å². The van der Waals surface area contributed by atoms with Gasteiger partial charge in [0.05, 0.1) is 6.10 Å². The summed E-state index contributed by atoms with van der Waals surface area (Å²) < 4.78 is 5.95. The minimum atomic E-state index is 0.0181. The fourth-order valence-electron chi connectivity index (χ4n) is 0.730. The van der Waals surface area contributed by atoms with Crippen LogP contribution >= 0.6 is 15.9 Å². The van der Waals surface area contributed by atoms with Crippen molar-refractivity contribution in [1.29, 1.82) is 0 Å². The summed E-state index contributed by atoms with van der Waals surface area (Å²) in [5.41, 5.74) is 0. The summed E-state index contributed by atoms with van der Waals surface area (Å²) in [6.45, 7) is 3.76. The van der Waals surface area contributed by atoms with Gasteiger partial charge in [-0.15, -0.1) is 0 Å². The summed E-state index contributed by atoms with van der Waals surface area (Å²) >= 11 is 3.18. The van der Waals surface area contributed by atoms with Crippen molar-refractivity contribution in [3.63, 3.8) is 0 Å². The summed E-state index contributed by atoms with van der Waals surface area (Å²) in [6, 6.07) is 1.55. The van der Waals surface area contributed by atoms with Crippen molar-refractivity contribution in [2.75, 3.05) is 0 Å². The Hall–Kier alpha value is -0.770. The van der Waals surface area contributed by atoms with E-state index in [1.54, 1.807) is 12.3 Å². The number of rotatable bonds is 2. The van der Waals surface area contributed by atoms with Crippen molar-refractivity contribution < 1.29 is 9.84 Å². The van der Waals surface area contributed by atoms with Crippen LogP contribution in [0.4, 0.5) is 0 Å². The molecule has 1 rings (SSSR count). The van der Waals surface area contributed by atoms with Crippen molar-refractivity contribution in [1.82, 2.24) is 4.98 Å². The molecule has 1 N–H and O–H groups in total. The maximum atomic E-state index is 9.32. The van der Waals surface area contributed by atoms with E-state index >= 15 is 0 Å². The monoisotopic (exact) mass is 231 g/mol. The molecule has 0 aliphatic heterocycles. The van der Waals surface area contributed by atoms with Gasteiger partial charge in [0.25, 0.3) is 5.88 Å². The SMILES string of the molecule is CC(C)Oc1ncc(Br)cc1O. The first-order valence-corrected chi connectivity index (χ1v) is 4.40. The van der Waals surface area contributed by atoms with Gasteiger partial charge in [-0.05, 0) is 29.8 Å². The van der Waals surface area contributed by atoms with Gasteiger partial charge in [0.1, 0.15) is 0 Å². The fraction of sp³-hybridized carbons (Fsp3) is 0.375. The zero-order valence-corrected chi connectivity index (χ0v) is 8.50. The molecule has 0 spiro atoms. The third-order valence-electron chi connectivity index (χ3n) is 1.15. The molecule has 1 aromatic rings. The normalized spacial score (nSPS) is 10.3. The predicted octanol–water partition coefficient (Wildman–Crippen LogP) is 2.34. The molecule has 4 heteroatoms. The standard InChI is InChI=1S/C8H10BrNO2/c1-5(2)12-8-7(11)3-6(9)4-10-8/h3-5,11H,1-2H3. The molecule has 66 valence electrons. The lowest BCUT2D eigenvalue weighted by molar-refractivity contribution is 0.221. The first-order valence-electron chi connectivity index (χ1n) is 3.60. The molecule has 0 fully saturated rings. The van der Waals surface area contributed by atoms with E-state index in [-0.39, 0.29) is 17.7 Å². The Morgan fingerprint density at radius 3 is 2.75 bits per heavy atom. The maximum Gasteiger partial charge on any atom is 0.257 e. The topological polar surface area (TPSA) is 42.4 Å². The van der Waals surface area contributed by atoms with Gasteiger partial charge in [-0.2, -0.15) is 0 Å². The highest BCUT2D eigenvalue weighted by Gasteiger charge is 2.05. The molecule has 0 unspecified atom stereocenters. The first kappa shape index (κ1) is 9.32. The summed E-state index contributed by atoms with van der Waals surface area (Å²) in [5.74, 6) is 0.325.